The highest BCUT2D eigenvalue weighted by atomic mass is 16.5. The van der Waals surface area contributed by atoms with Crippen molar-refractivity contribution in [3.8, 4) is 0 Å². The van der Waals surface area contributed by atoms with Gasteiger partial charge in [0.25, 0.3) is 0 Å². The second-order valence-electron chi connectivity index (χ2n) is 6.30. The molecule has 4 heteroatoms. The van der Waals surface area contributed by atoms with Gasteiger partial charge in [-0.1, -0.05) is 18.2 Å². The highest BCUT2D eigenvalue weighted by molar-refractivity contribution is 5.79. The summed E-state index contributed by atoms with van der Waals surface area (Å²) in [6, 6.07) is 10.5. The summed E-state index contributed by atoms with van der Waals surface area (Å²) in [5, 5.41) is 4.29. The SMILES string of the molecule is O=C(CCC1CCCCO1)NCCCn1ccc2ccccc21. The van der Waals surface area contributed by atoms with Crippen LogP contribution in [0.25, 0.3) is 10.9 Å². The number of nitrogens with one attached hydrogen (secondary N) is 1. The molecule has 124 valence electrons. The Morgan fingerprint density at radius 2 is 2.17 bits per heavy atom. The van der Waals surface area contributed by atoms with Crippen LogP contribution in [-0.2, 0) is 16.1 Å². The van der Waals surface area contributed by atoms with Crippen LogP contribution in [0.4, 0.5) is 0 Å². The number of ether oxygens (including phenoxy) is 1. The number of carbonyl (C=O) groups is 1. The lowest BCUT2D eigenvalue weighted by atomic mass is 10.0. The normalized spacial score (nSPS) is 18.2. The summed E-state index contributed by atoms with van der Waals surface area (Å²) >= 11 is 0. The summed E-state index contributed by atoms with van der Waals surface area (Å²) in [6.07, 6.45) is 8.30. The zero-order valence-corrected chi connectivity index (χ0v) is 13.7. The fraction of sp³-hybridized carbons (Fsp3) is 0.526. The quantitative estimate of drug-likeness (QED) is 0.795. The Morgan fingerprint density at radius 1 is 1.26 bits per heavy atom. The second-order valence-corrected chi connectivity index (χ2v) is 6.30. The van der Waals surface area contributed by atoms with E-state index < -0.39 is 0 Å². The van der Waals surface area contributed by atoms with Crippen LogP contribution >= 0.6 is 0 Å². The maximum atomic E-state index is 11.9. The summed E-state index contributed by atoms with van der Waals surface area (Å²) in [6.45, 7) is 2.52. The Kier molecular flexibility index (Phi) is 5.70. The number of benzene rings is 1. The van der Waals surface area contributed by atoms with E-state index in [0.717, 1.165) is 45.4 Å². The van der Waals surface area contributed by atoms with Crippen LogP contribution in [0.1, 0.15) is 38.5 Å². The van der Waals surface area contributed by atoms with Gasteiger partial charge in [-0.3, -0.25) is 4.79 Å². The maximum Gasteiger partial charge on any atom is 0.220 e. The Labute approximate surface area is 137 Å². The number of aryl methyl sites for hydroxylation is 1. The van der Waals surface area contributed by atoms with Gasteiger partial charge in [0.1, 0.15) is 0 Å². The van der Waals surface area contributed by atoms with Crippen LogP contribution in [0, 0.1) is 0 Å². The van der Waals surface area contributed by atoms with Crippen molar-refractivity contribution >= 4 is 16.8 Å². The van der Waals surface area contributed by atoms with Crippen molar-refractivity contribution in [2.45, 2.75) is 51.2 Å². The average Bonchev–Trinajstić information content (AvgIpc) is 3.01. The van der Waals surface area contributed by atoms with Gasteiger partial charge in [0, 0.05) is 37.8 Å². The topological polar surface area (TPSA) is 43.3 Å². The predicted octanol–water partition coefficient (Wildman–Crippen LogP) is 3.50. The highest BCUT2D eigenvalue weighted by Crippen LogP contribution is 2.17. The molecule has 0 aliphatic carbocycles. The molecule has 2 heterocycles. The van der Waals surface area contributed by atoms with E-state index in [1.165, 1.54) is 17.3 Å². The van der Waals surface area contributed by atoms with Crippen molar-refractivity contribution in [3.63, 3.8) is 0 Å². The summed E-state index contributed by atoms with van der Waals surface area (Å²) < 4.78 is 7.91. The summed E-state index contributed by atoms with van der Waals surface area (Å²) in [5.41, 5.74) is 1.26. The molecule has 3 rings (SSSR count). The van der Waals surface area contributed by atoms with Gasteiger partial charge in [0.15, 0.2) is 0 Å². The number of fused-ring (bicyclic) bond motifs is 1. The van der Waals surface area contributed by atoms with Gasteiger partial charge in [0.05, 0.1) is 6.10 Å². The van der Waals surface area contributed by atoms with E-state index >= 15 is 0 Å². The van der Waals surface area contributed by atoms with Gasteiger partial charge in [-0.2, -0.15) is 0 Å². The fourth-order valence-electron chi connectivity index (χ4n) is 3.23. The molecule has 1 aliphatic rings. The third-order valence-electron chi connectivity index (χ3n) is 4.55. The van der Waals surface area contributed by atoms with Crippen molar-refractivity contribution in [1.29, 1.82) is 0 Å². The van der Waals surface area contributed by atoms with Crippen LogP contribution in [0.5, 0.6) is 0 Å². The molecule has 0 bridgehead atoms. The highest BCUT2D eigenvalue weighted by Gasteiger charge is 2.14. The number of hydrogen-bond acceptors (Lipinski definition) is 2. The number of aromatic nitrogens is 1. The van der Waals surface area contributed by atoms with Gasteiger partial charge in [-0.05, 0) is 49.6 Å². The van der Waals surface area contributed by atoms with Gasteiger partial charge in [-0.15, -0.1) is 0 Å². The molecule has 1 aliphatic heterocycles. The molecular weight excluding hydrogens is 288 g/mol. The molecule has 1 unspecified atom stereocenters. The molecule has 1 N–H and O–H groups in total. The lowest BCUT2D eigenvalue weighted by molar-refractivity contribution is -0.122. The van der Waals surface area contributed by atoms with Crippen LogP contribution in [-0.4, -0.2) is 29.7 Å². The first-order valence-corrected chi connectivity index (χ1v) is 8.75. The molecule has 2 aromatic rings. The maximum absolute atomic E-state index is 11.9. The molecule has 1 amide bonds. The zero-order valence-electron chi connectivity index (χ0n) is 13.7. The van der Waals surface area contributed by atoms with Gasteiger partial charge >= 0.3 is 0 Å². The molecule has 4 nitrogen and oxygen atoms in total. The molecular formula is C19H26N2O2. The number of carbonyl (C=O) groups excluding carboxylic acids is 1. The molecule has 23 heavy (non-hydrogen) atoms. The Hall–Kier alpha value is -1.81. The van der Waals surface area contributed by atoms with Crippen molar-refractivity contribution in [3.05, 3.63) is 36.5 Å². The number of hydrogen-bond donors (Lipinski definition) is 1. The van der Waals surface area contributed by atoms with Gasteiger partial charge in [-0.25, -0.2) is 0 Å². The van der Waals surface area contributed by atoms with Crippen molar-refractivity contribution in [1.82, 2.24) is 9.88 Å². The number of para-hydroxylation sites is 1. The Morgan fingerprint density at radius 3 is 3.04 bits per heavy atom. The summed E-state index contributed by atoms with van der Waals surface area (Å²) in [7, 11) is 0. The van der Waals surface area contributed by atoms with Crippen LogP contribution in [0.2, 0.25) is 0 Å². The first kappa shape index (κ1) is 16.1. The van der Waals surface area contributed by atoms with Crippen LogP contribution < -0.4 is 5.32 Å². The lowest BCUT2D eigenvalue weighted by Crippen LogP contribution is -2.27. The number of amides is 1. The van der Waals surface area contributed by atoms with Gasteiger partial charge < -0.3 is 14.6 Å². The number of rotatable bonds is 7. The Balaban J connectivity index is 1.34. The fourth-order valence-corrected chi connectivity index (χ4v) is 3.23. The first-order chi connectivity index (χ1) is 11.3. The zero-order chi connectivity index (χ0) is 15.9. The minimum atomic E-state index is 0.150. The van der Waals surface area contributed by atoms with Crippen LogP contribution in [0.15, 0.2) is 36.5 Å². The second kappa shape index (κ2) is 8.16. The predicted molar refractivity (Wildman–Crippen MR) is 92.4 cm³/mol. The molecule has 1 aromatic heterocycles. The van der Waals surface area contributed by atoms with E-state index in [4.69, 9.17) is 4.74 Å². The van der Waals surface area contributed by atoms with E-state index in [0.29, 0.717) is 12.5 Å². The molecule has 1 fully saturated rings. The molecule has 1 aromatic carbocycles. The lowest BCUT2D eigenvalue weighted by Gasteiger charge is -2.22. The van der Waals surface area contributed by atoms with E-state index in [-0.39, 0.29) is 5.91 Å². The minimum Gasteiger partial charge on any atom is -0.378 e. The smallest absolute Gasteiger partial charge is 0.220 e. The Bertz CT molecular complexity index is 629. The van der Waals surface area contributed by atoms with Crippen LogP contribution in [0.3, 0.4) is 0 Å². The van der Waals surface area contributed by atoms with E-state index in [1.807, 2.05) is 0 Å². The molecule has 1 saturated heterocycles. The summed E-state index contributed by atoms with van der Waals surface area (Å²) in [4.78, 5) is 11.9. The van der Waals surface area contributed by atoms with E-state index in [1.54, 1.807) is 0 Å². The third-order valence-corrected chi connectivity index (χ3v) is 4.55. The largest absolute Gasteiger partial charge is 0.378 e. The standard InChI is InChI=1S/C19H26N2O2/c22-19(10-9-17-7-3-4-15-23-17)20-12-5-13-21-14-11-16-6-1-2-8-18(16)21/h1-2,6,8,11,14,17H,3-5,7,9-10,12-13,15H2,(H,20,22). The average molecular weight is 314 g/mol. The minimum absolute atomic E-state index is 0.150. The molecule has 0 radical (unpaired) electrons. The molecule has 0 spiro atoms. The number of nitrogens with zero attached hydrogens (tertiary/aromatic N) is 1. The van der Waals surface area contributed by atoms with Crippen molar-refractivity contribution in [2.24, 2.45) is 0 Å². The first-order valence-electron chi connectivity index (χ1n) is 8.75. The van der Waals surface area contributed by atoms with Crippen molar-refractivity contribution in [2.75, 3.05) is 13.2 Å². The van der Waals surface area contributed by atoms with E-state index in [9.17, 15) is 4.79 Å². The van der Waals surface area contributed by atoms with Gasteiger partial charge in [0.2, 0.25) is 5.91 Å². The monoisotopic (exact) mass is 314 g/mol. The third kappa shape index (κ3) is 4.58. The molecule has 1 atom stereocenters. The molecule has 0 saturated carbocycles. The summed E-state index contributed by atoms with van der Waals surface area (Å²) in [5.74, 6) is 0.150. The van der Waals surface area contributed by atoms with E-state index in [2.05, 4.69) is 46.4 Å². The van der Waals surface area contributed by atoms with Crippen molar-refractivity contribution < 1.29 is 9.53 Å².